The Kier molecular flexibility index (Phi) is 4.67. The van der Waals surface area contributed by atoms with E-state index in [0.717, 1.165) is 0 Å². The summed E-state index contributed by atoms with van der Waals surface area (Å²) < 4.78 is 28.0. The Balaban J connectivity index is 3.13. The minimum atomic E-state index is -3.47. The molecule has 1 rings (SSSR count). The van der Waals surface area contributed by atoms with Gasteiger partial charge in [-0.25, -0.2) is 13.1 Å². The molecule has 1 aromatic heterocycles. The highest BCUT2D eigenvalue weighted by atomic mass is 32.2. The molecule has 17 heavy (non-hydrogen) atoms. The van der Waals surface area contributed by atoms with Crippen molar-refractivity contribution in [2.45, 2.75) is 38.6 Å². The molecule has 0 aromatic carbocycles. The van der Waals surface area contributed by atoms with E-state index >= 15 is 0 Å². The van der Waals surface area contributed by atoms with E-state index in [0.29, 0.717) is 30.9 Å². The predicted octanol–water partition coefficient (Wildman–Crippen LogP) is 0.181. The summed E-state index contributed by atoms with van der Waals surface area (Å²) in [6.45, 7) is 6.06. The SMILES string of the molecule is CCNS(=O)(=O)c1c(C)nn(CCCO)c1C. The van der Waals surface area contributed by atoms with Crippen molar-refractivity contribution in [3.63, 3.8) is 0 Å². The molecule has 2 N–H and O–H groups in total. The highest BCUT2D eigenvalue weighted by Crippen LogP contribution is 2.19. The number of nitrogens with zero attached hydrogens (tertiary/aromatic N) is 2. The first kappa shape index (κ1) is 14.1. The Labute approximate surface area is 102 Å². The number of aromatic nitrogens is 2. The van der Waals surface area contributed by atoms with Gasteiger partial charge in [-0.05, 0) is 20.3 Å². The largest absolute Gasteiger partial charge is 0.396 e. The van der Waals surface area contributed by atoms with Crippen LogP contribution in [0.5, 0.6) is 0 Å². The van der Waals surface area contributed by atoms with Crippen molar-refractivity contribution < 1.29 is 13.5 Å². The third kappa shape index (κ3) is 3.05. The van der Waals surface area contributed by atoms with Crippen LogP contribution >= 0.6 is 0 Å². The van der Waals surface area contributed by atoms with E-state index in [4.69, 9.17) is 5.11 Å². The zero-order valence-corrected chi connectivity index (χ0v) is 11.2. The molecule has 0 radical (unpaired) electrons. The third-order valence-corrected chi connectivity index (χ3v) is 4.24. The first-order valence-electron chi connectivity index (χ1n) is 5.58. The molecule has 0 aliphatic rings. The fourth-order valence-corrected chi connectivity index (χ4v) is 3.22. The Morgan fingerprint density at radius 1 is 1.41 bits per heavy atom. The van der Waals surface area contributed by atoms with Crippen molar-refractivity contribution in [2.75, 3.05) is 13.2 Å². The molecule has 0 amide bonds. The van der Waals surface area contributed by atoms with Gasteiger partial charge in [0.15, 0.2) is 0 Å². The molecular formula is C10H19N3O3S. The predicted molar refractivity (Wildman–Crippen MR) is 64.3 cm³/mol. The normalized spacial score (nSPS) is 12.0. The van der Waals surface area contributed by atoms with E-state index in [-0.39, 0.29) is 11.5 Å². The van der Waals surface area contributed by atoms with Crippen molar-refractivity contribution in [3.05, 3.63) is 11.4 Å². The number of aryl methyl sites for hydroxylation is 2. The molecule has 0 aliphatic carbocycles. The summed E-state index contributed by atoms with van der Waals surface area (Å²) in [4.78, 5) is 0.247. The molecule has 7 heteroatoms. The topological polar surface area (TPSA) is 84.2 Å². The summed E-state index contributed by atoms with van der Waals surface area (Å²) >= 11 is 0. The second-order valence-corrected chi connectivity index (χ2v) is 5.51. The molecule has 0 aliphatic heterocycles. The van der Waals surface area contributed by atoms with Gasteiger partial charge in [-0.2, -0.15) is 5.10 Å². The van der Waals surface area contributed by atoms with Crippen LogP contribution in [0.4, 0.5) is 0 Å². The van der Waals surface area contributed by atoms with Gasteiger partial charge in [0, 0.05) is 19.7 Å². The number of hydrogen-bond acceptors (Lipinski definition) is 4. The Hall–Kier alpha value is -0.920. The Morgan fingerprint density at radius 3 is 2.59 bits per heavy atom. The molecule has 1 heterocycles. The average molecular weight is 261 g/mol. The maximum absolute atomic E-state index is 11.9. The monoisotopic (exact) mass is 261 g/mol. The maximum atomic E-state index is 11.9. The molecule has 0 saturated carbocycles. The van der Waals surface area contributed by atoms with Crippen LogP contribution in [0.25, 0.3) is 0 Å². The van der Waals surface area contributed by atoms with Crippen LogP contribution < -0.4 is 4.72 Å². The van der Waals surface area contributed by atoms with Crippen LogP contribution in [0.2, 0.25) is 0 Å². The lowest BCUT2D eigenvalue weighted by Crippen LogP contribution is -2.24. The average Bonchev–Trinajstić information content (AvgIpc) is 2.51. The number of hydrogen-bond donors (Lipinski definition) is 2. The van der Waals surface area contributed by atoms with Gasteiger partial charge in [-0.15, -0.1) is 0 Å². The van der Waals surface area contributed by atoms with Crippen molar-refractivity contribution in [3.8, 4) is 0 Å². The summed E-state index contributed by atoms with van der Waals surface area (Å²) in [7, 11) is -3.47. The first-order chi connectivity index (χ1) is 7.94. The molecule has 0 unspecified atom stereocenters. The van der Waals surface area contributed by atoms with Crippen LogP contribution in [0.3, 0.4) is 0 Å². The van der Waals surface area contributed by atoms with Crippen LogP contribution in [-0.2, 0) is 16.6 Å². The van der Waals surface area contributed by atoms with E-state index in [2.05, 4.69) is 9.82 Å². The zero-order valence-electron chi connectivity index (χ0n) is 10.4. The van der Waals surface area contributed by atoms with Gasteiger partial charge in [-0.3, -0.25) is 4.68 Å². The minimum absolute atomic E-state index is 0.0631. The molecule has 1 aromatic rings. The number of aliphatic hydroxyl groups is 1. The van der Waals surface area contributed by atoms with Gasteiger partial charge < -0.3 is 5.11 Å². The van der Waals surface area contributed by atoms with E-state index in [9.17, 15) is 8.42 Å². The van der Waals surface area contributed by atoms with E-state index in [1.165, 1.54) is 0 Å². The number of aliphatic hydroxyl groups excluding tert-OH is 1. The summed E-state index contributed by atoms with van der Waals surface area (Å²) in [6, 6.07) is 0. The van der Waals surface area contributed by atoms with Crippen LogP contribution in [-0.4, -0.2) is 36.5 Å². The molecule has 0 atom stereocenters. The molecule has 98 valence electrons. The smallest absolute Gasteiger partial charge is 0.244 e. The lowest BCUT2D eigenvalue weighted by molar-refractivity contribution is 0.276. The lowest BCUT2D eigenvalue weighted by Gasteiger charge is -2.05. The Bertz CT molecular complexity index is 479. The number of nitrogens with one attached hydrogen (secondary N) is 1. The van der Waals surface area contributed by atoms with Gasteiger partial charge in [0.05, 0.1) is 11.4 Å². The van der Waals surface area contributed by atoms with Gasteiger partial charge >= 0.3 is 0 Å². The summed E-state index contributed by atoms with van der Waals surface area (Å²) in [5.74, 6) is 0. The number of sulfonamides is 1. The van der Waals surface area contributed by atoms with Gasteiger partial charge in [0.25, 0.3) is 0 Å². The third-order valence-electron chi connectivity index (χ3n) is 2.45. The maximum Gasteiger partial charge on any atom is 0.244 e. The van der Waals surface area contributed by atoms with Crippen molar-refractivity contribution in [2.24, 2.45) is 0 Å². The summed E-state index contributed by atoms with van der Waals surface area (Å²) in [6.07, 6.45) is 0.558. The Morgan fingerprint density at radius 2 is 2.06 bits per heavy atom. The van der Waals surface area contributed by atoms with Gasteiger partial charge in [0.2, 0.25) is 10.0 Å². The van der Waals surface area contributed by atoms with Crippen molar-refractivity contribution in [1.29, 1.82) is 0 Å². The summed E-state index contributed by atoms with van der Waals surface area (Å²) in [5, 5.41) is 12.9. The van der Waals surface area contributed by atoms with Gasteiger partial charge in [-0.1, -0.05) is 6.92 Å². The van der Waals surface area contributed by atoms with E-state index < -0.39 is 10.0 Å². The molecule has 0 spiro atoms. The molecular weight excluding hydrogens is 242 g/mol. The van der Waals surface area contributed by atoms with Crippen LogP contribution in [0, 0.1) is 13.8 Å². The summed E-state index contributed by atoms with van der Waals surface area (Å²) in [5.41, 5.74) is 1.10. The lowest BCUT2D eigenvalue weighted by atomic mass is 10.4. The standard InChI is InChI=1S/C10H19N3O3S/c1-4-11-17(15,16)10-8(2)12-13(9(10)3)6-5-7-14/h11,14H,4-7H2,1-3H3. The fraction of sp³-hybridized carbons (Fsp3) is 0.700. The van der Waals surface area contributed by atoms with Gasteiger partial charge in [0.1, 0.15) is 4.90 Å². The molecule has 0 bridgehead atoms. The second-order valence-electron chi connectivity index (χ2n) is 3.80. The van der Waals surface area contributed by atoms with E-state index in [1.54, 1.807) is 25.5 Å². The highest BCUT2D eigenvalue weighted by Gasteiger charge is 2.23. The molecule has 0 fully saturated rings. The van der Waals surface area contributed by atoms with Crippen molar-refractivity contribution >= 4 is 10.0 Å². The van der Waals surface area contributed by atoms with E-state index in [1.807, 2.05) is 0 Å². The van der Waals surface area contributed by atoms with Crippen LogP contribution in [0.15, 0.2) is 4.90 Å². The minimum Gasteiger partial charge on any atom is -0.396 e. The van der Waals surface area contributed by atoms with Crippen molar-refractivity contribution in [1.82, 2.24) is 14.5 Å². The molecule has 6 nitrogen and oxygen atoms in total. The number of rotatable bonds is 6. The fourth-order valence-electron chi connectivity index (χ4n) is 1.77. The molecule has 0 saturated heterocycles. The van der Waals surface area contributed by atoms with Crippen LogP contribution in [0.1, 0.15) is 24.7 Å². The second kappa shape index (κ2) is 5.61. The quantitative estimate of drug-likeness (QED) is 0.765. The zero-order chi connectivity index (χ0) is 13.1. The highest BCUT2D eigenvalue weighted by molar-refractivity contribution is 7.89. The first-order valence-corrected chi connectivity index (χ1v) is 7.07.